The summed E-state index contributed by atoms with van der Waals surface area (Å²) >= 11 is 0. The molecule has 1 N–H and O–H groups in total. The zero-order valence-electron chi connectivity index (χ0n) is 16.9. The highest BCUT2D eigenvalue weighted by molar-refractivity contribution is 5.78. The van der Waals surface area contributed by atoms with E-state index < -0.39 is 5.41 Å². The Balaban J connectivity index is 1.52. The molecular weight excluding hydrogens is 372 g/mol. The van der Waals surface area contributed by atoms with Crippen molar-refractivity contribution >= 4 is 11.9 Å². The first kappa shape index (κ1) is 18.7. The summed E-state index contributed by atoms with van der Waals surface area (Å²) in [5, 5.41) is 9.41. The average molecular weight is 394 g/mol. The number of rotatable bonds is 3. The van der Waals surface area contributed by atoms with E-state index in [0.717, 1.165) is 27.9 Å². The lowest BCUT2D eigenvalue weighted by atomic mass is 9.80. The molecule has 0 saturated carbocycles. The molecule has 2 aliphatic rings. The molecule has 3 aromatic rings. The molecule has 3 heterocycles. The van der Waals surface area contributed by atoms with Crippen LogP contribution in [0.15, 0.2) is 72.0 Å². The standard InChI is InChI=1S/C25H22N4O/c1-25(2,15-26)19-8-5-16(6-9-19)24-23-20-12-17(18-4-3-11-27-13-18)7-10-21(20)28-14-22(23)29-30-24/h3-14,22-24,29H,1-2H3. The van der Waals surface area contributed by atoms with Crippen molar-refractivity contribution in [2.75, 3.05) is 0 Å². The van der Waals surface area contributed by atoms with Crippen molar-refractivity contribution in [3.05, 3.63) is 83.7 Å². The first-order chi connectivity index (χ1) is 14.6. The molecule has 5 heteroatoms. The Bertz CT molecular complexity index is 1150. The summed E-state index contributed by atoms with van der Waals surface area (Å²) in [6.45, 7) is 3.86. The van der Waals surface area contributed by atoms with E-state index in [2.05, 4.69) is 57.9 Å². The maximum Gasteiger partial charge on any atom is 0.113 e. The first-order valence-electron chi connectivity index (χ1n) is 10.1. The highest BCUT2D eigenvalue weighted by Gasteiger charge is 2.41. The number of nitriles is 1. The number of hydrogen-bond acceptors (Lipinski definition) is 5. The van der Waals surface area contributed by atoms with E-state index in [4.69, 9.17) is 4.84 Å². The van der Waals surface area contributed by atoms with Gasteiger partial charge < -0.3 is 0 Å². The van der Waals surface area contributed by atoms with Crippen LogP contribution in [0.2, 0.25) is 0 Å². The molecule has 3 atom stereocenters. The number of aliphatic imine (C=N–C) groups is 1. The molecule has 30 heavy (non-hydrogen) atoms. The highest BCUT2D eigenvalue weighted by Crippen LogP contribution is 2.46. The third-order valence-electron chi connectivity index (χ3n) is 6.04. The summed E-state index contributed by atoms with van der Waals surface area (Å²) in [6.07, 6.45) is 5.46. The number of nitrogens with one attached hydrogen (secondary N) is 1. The molecule has 3 unspecified atom stereocenters. The number of nitrogens with zero attached hydrogens (tertiary/aromatic N) is 3. The molecule has 0 radical (unpaired) electrons. The van der Waals surface area contributed by atoms with Gasteiger partial charge in [0.2, 0.25) is 0 Å². The predicted molar refractivity (Wildman–Crippen MR) is 116 cm³/mol. The Hall–Kier alpha value is -3.33. The van der Waals surface area contributed by atoms with Crippen LogP contribution in [-0.2, 0) is 10.3 Å². The van der Waals surface area contributed by atoms with Crippen LogP contribution in [-0.4, -0.2) is 17.2 Å². The Morgan fingerprint density at radius 2 is 1.90 bits per heavy atom. The smallest absolute Gasteiger partial charge is 0.113 e. The topological polar surface area (TPSA) is 70.3 Å². The van der Waals surface area contributed by atoms with Gasteiger partial charge in [-0.25, -0.2) is 0 Å². The van der Waals surface area contributed by atoms with Crippen LogP contribution in [0.1, 0.15) is 42.6 Å². The summed E-state index contributed by atoms with van der Waals surface area (Å²) in [5.41, 5.74) is 9.06. The minimum Gasteiger partial charge on any atom is -0.292 e. The fourth-order valence-corrected chi connectivity index (χ4v) is 4.21. The number of benzene rings is 2. The van der Waals surface area contributed by atoms with E-state index in [1.54, 1.807) is 6.20 Å². The van der Waals surface area contributed by atoms with Crippen LogP contribution in [0.4, 0.5) is 5.69 Å². The first-order valence-corrected chi connectivity index (χ1v) is 10.1. The second kappa shape index (κ2) is 7.17. The van der Waals surface area contributed by atoms with Crippen LogP contribution in [0.5, 0.6) is 0 Å². The minimum atomic E-state index is -0.515. The molecule has 2 aromatic carbocycles. The molecule has 1 fully saturated rings. The quantitative estimate of drug-likeness (QED) is 0.679. The van der Waals surface area contributed by atoms with Crippen molar-refractivity contribution in [3.8, 4) is 17.2 Å². The summed E-state index contributed by atoms with van der Waals surface area (Å²) in [7, 11) is 0. The zero-order valence-corrected chi connectivity index (χ0v) is 16.9. The van der Waals surface area contributed by atoms with E-state index in [-0.39, 0.29) is 18.1 Å². The lowest BCUT2D eigenvalue weighted by Gasteiger charge is -2.26. The van der Waals surface area contributed by atoms with Crippen molar-refractivity contribution < 1.29 is 4.84 Å². The monoisotopic (exact) mass is 394 g/mol. The van der Waals surface area contributed by atoms with Gasteiger partial charge in [-0.05, 0) is 59.9 Å². The van der Waals surface area contributed by atoms with Gasteiger partial charge in [0.15, 0.2) is 0 Å². The SMILES string of the molecule is CC(C)(C#N)c1ccc(C2ONC3C=Nc4ccc(-c5cccnc5)cc4C32)cc1. The van der Waals surface area contributed by atoms with Gasteiger partial charge >= 0.3 is 0 Å². The van der Waals surface area contributed by atoms with Crippen LogP contribution in [0, 0.1) is 11.3 Å². The molecule has 1 aromatic heterocycles. The van der Waals surface area contributed by atoms with Gasteiger partial charge in [0.05, 0.1) is 23.2 Å². The van der Waals surface area contributed by atoms with Crippen molar-refractivity contribution in [1.82, 2.24) is 10.5 Å². The third kappa shape index (κ3) is 3.11. The minimum absolute atomic E-state index is 0.0156. The predicted octanol–water partition coefficient (Wildman–Crippen LogP) is 4.99. The molecule has 5 nitrogen and oxygen atoms in total. The average Bonchev–Trinajstić information content (AvgIpc) is 3.24. The Morgan fingerprint density at radius 3 is 2.63 bits per heavy atom. The van der Waals surface area contributed by atoms with E-state index in [9.17, 15) is 5.26 Å². The molecule has 0 spiro atoms. The molecular formula is C25H22N4O. The number of hydrogen-bond donors (Lipinski definition) is 1. The third-order valence-corrected chi connectivity index (χ3v) is 6.04. The lowest BCUT2D eigenvalue weighted by molar-refractivity contribution is 0.0270. The van der Waals surface area contributed by atoms with Gasteiger partial charge in [0, 0.05) is 24.5 Å². The van der Waals surface area contributed by atoms with Crippen molar-refractivity contribution in [2.24, 2.45) is 4.99 Å². The Morgan fingerprint density at radius 1 is 1.07 bits per heavy atom. The van der Waals surface area contributed by atoms with Gasteiger partial charge in [-0.15, -0.1) is 0 Å². The zero-order chi connectivity index (χ0) is 20.7. The van der Waals surface area contributed by atoms with E-state index in [1.165, 1.54) is 5.56 Å². The molecule has 5 rings (SSSR count). The van der Waals surface area contributed by atoms with E-state index in [0.29, 0.717) is 0 Å². The number of hydroxylamine groups is 1. The lowest BCUT2D eigenvalue weighted by Crippen LogP contribution is -2.29. The van der Waals surface area contributed by atoms with Crippen molar-refractivity contribution in [3.63, 3.8) is 0 Å². The van der Waals surface area contributed by atoms with E-state index >= 15 is 0 Å². The summed E-state index contributed by atoms with van der Waals surface area (Å²) in [4.78, 5) is 14.9. The maximum absolute atomic E-state index is 9.41. The van der Waals surface area contributed by atoms with Gasteiger partial charge in [-0.1, -0.05) is 36.4 Å². The number of fused-ring (bicyclic) bond motifs is 3. The van der Waals surface area contributed by atoms with Crippen molar-refractivity contribution in [1.29, 1.82) is 5.26 Å². The van der Waals surface area contributed by atoms with Crippen LogP contribution in [0.25, 0.3) is 11.1 Å². The van der Waals surface area contributed by atoms with Crippen molar-refractivity contribution in [2.45, 2.75) is 37.3 Å². The number of pyridine rings is 1. The van der Waals surface area contributed by atoms with Gasteiger partial charge in [-0.2, -0.15) is 10.7 Å². The van der Waals surface area contributed by atoms with Crippen LogP contribution >= 0.6 is 0 Å². The maximum atomic E-state index is 9.41. The van der Waals surface area contributed by atoms with Gasteiger partial charge in [0.25, 0.3) is 0 Å². The summed E-state index contributed by atoms with van der Waals surface area (Å²) in [5.74, 6) is 0.115. The second-order valence-corrected chi connectivity index (χ2v) is 8.36. The molecule has 0 bridgehead atoms. The summed E-state index contributed by atoms with van der Waals surface area (Å²) < 4.78 is 0. The number of aromatic nitrogens is 1. The molecule has 2 aliphatic heterocycles. The Labute approximate surface area is 176 Å². The highest BCUT2D eigenvalue weighted by atomic mass is 16.7. The fraction of sp³-hybridized carbons (Fsp3) is 0.240. The van der Waals surface area contributed by atoms with Crippen LogP contribution in [0.3, 0.4) is 0 Å². The molecule has 1 saturated heterocycles. The van der Waals surface area contributed by atoms with Gasteiger partial charge in [-0.3, -0.25) is 14.8 Å². The Kier molecular flexibility index (Phi) is 4.47. The largest absolute Gasteiger partial charge is 0.292 e. The van der Waals surface area contributed by atoms with Gasteiger partial charge in [0.1, 0.15) is 6.10 Å². The van der Waals surface area contributed by atoms with E-state index in [1.807, 2.05) is 44.5 Å². The molecule has 148 valence electrons. The van der Waals surface area contributed by atoms with Crippen LogP contribution < -0.4 is 5.48 Å². The fourth-order valence-electron chi connectivity index (χ4n) is 4.21. The summed E-state index contributed by atoms with van der Waals surface area (Å²) in [6, 6.07) is 20.9. The second-order valence-electron chi connectivity index (χ2n) is 8.36. The molecule has 0 amide bonds. The normalized spacial score (nSPS) is 22.2. The molecule has 0 aliphatic carbocycles.